The number of ether oxygens (including phenoxy) is 1. The Labute approximate surface area is 125 Å². The fourth-order valence-electron chi connectivity index (χ4n) is 2.30. The largest absolute Gasteiger partial charge is 0.496 e. The maximum absolute atomic E-state index is 6.22. The zero-order chi connectivity index (χ0) is 14.5. The van der Waals surface area contributed by atoms with Crippen LogP contribution in [0.1, 0.15) is 22.7 Å². The first-order chi connectivity index (χ1) is 9.65. The third kappa shape index (κ3) is 3.33. The van der Waals surface area contributed by atoms with Crippen molar-refractivity contribution in [3.8, 4) is 5.75 Å². The van der Waals surface area contributed by atoms with Gasteiger partial charge < -0.3 is 10.1 Å². The van der Waals surface area contributed by atoms with E-state index in [0.29, 0.717) is 0 Å². The summed E-state index contributed by atoms with van der Waals surface area (Å²) in [5, 5.41) is 4.16. The maximum atomic E-state index is 6.22. The molecule has 0 spiro atoms. The number of rotatable bonds is 5. The lowest BCUT2D eigenvalue weighted by atomic mass is 9.97. The number of hydrogen-bond acceptors (Lipinski definition) is 2. The highest BCUT2D eigenvalue weighted by molar-refractivity contribution is 6.31. The van der Waals surface area contributed by atoms with Crippen molar-refractivity contribution in [2.75, 3.05) is 14.2 Å². The number of halogens is 1. The van der Waals surface area contributed by atoms with Gasteiger partial charge in [0.15, 0.2) is 0 Å². The molecule has 0 amide bonds. The second-order valence-electron chi connectivity index (χ2n) is 4.87. The van der Waals surface area contributed by atoms with Crippen molar-refractivity contribution in [2.45, 2.75) is 19.4 Å². The predicted molar refractivity (Wildman–Crippen MR) is 84.7 cm³/mol. The number of para-hydroxylation sites is 1. The minimum absolute atomic E-state index is 0.212. The fraction of sp³-hybridized carbons (Fsp3) is 0.294. The molecule has 106 valence electrons. The Kier molecular flexibility index (Phi) is 5.05. The molecule has 3 heteroatoms. The van der Waals surface area contributed by atoms with E-state index in [1.165, 1.54) is 11.1 Å². The van der Waals surface area contributed by atoms with Crippen molar-refractivity contribution in [2.24, 2.45) is 0 Å². The highest BCUT2D eigenvalue weighted by Gasteiger charge is 2.13. The van der Waals surface area contributed by atoms with Crippen LogP contribution >= 0.6 is 11.6 Å². The standard InChI is InChI=1S/C17H20ClNO/c1-12-8-9-13(10-15(12)18)16(19-2)11-14-6-4-5-7-17(14)20-3/h4-10,16,19H,11H2,1-3H3. The normalized spacial score (nSPS) is 12.2. The molecule has 0 radical (unpaired) electrons. The number of benzene rings is 2. The average Bonchev–Trinajstić information content (AvgIpc) is 2.48. The minimum atomic E-state index is 0.212. The molecule has 1 atom stereocenters. The van der Waals surface area contributed by atoms with E-state index in [-0.39, 0.29) is 6.04 Å². The van der Waals surface area contributed by atoms with Crippen molar-refractivity contribution in [3.63, 3.8) is 0 Å². The van der Waals surface area contributed by atoms with Crippen molar-refractivity contribution in [1.82, 2.24) is 5.32 Å². The first-order valence-electron chi connectivity index (χ1n) is 6.71. The molecule has 1 N–H and O–H groups in total. The van der Waals surface area contributed by atoms with Gasteiger partial charge in [-0.3, -0.25) is 0 Å². The van der Waals surface area contributed by atoms with Crippen LogP contribution in [-0.4, -0.2) is 14.2 Å². The summed E-state index contributed by atoms with van der Waals surface area (Å²) in [5.41, 5.74) is 3.47. The van der Waals surface area contributed by atoms with Gasteiger partial charge >= 0.3 is 0 Å². The molecule has 2 aromatic rings. The zero-order valence-corrected chi connectivity index (χ0v) is 12.9. The molecule has 0 fully saturated rings. The van der Waals surface area contributed by atoms with Gasteiger partial charge in [-0.25, -0.2) is 0 Å². The smallest absolute Gasteiger partial charge is 0.122 e. The molecule has 0 saturated heterocycles. The molecule has 0 heterocycles. The van der Waals surface area contributed by atoms with E-state index in [4.69, 9.17) is 16.3 Å². The van der Waals surface area contributed by atoms with Gasteiger partial charge in [0, 0.05) is 11.1 Å². The van der Waals surface area contributed by atoms with Crippen LogP contribution in [0.25, 0.3) is 0 Å². The van der Waals surface area contributed by atoms with E-state index >= 15 is 0 Å². The summed E-state index contributed by atoms with van der Waals surface area (Å²) in [4.78, 5) is 0. The monoisotopic (exact) mass is 289 g/mol. The van der Waals surface area contributed by atoms with E-state index in [1.807, 2.05) is 38.2 Å². The topological polar surface area (TPSA) is 21.3 Å². The lowest BCUT2D eigenvalue weighted by Crippen LogP contribution is -2.19. The van der Waals surface area contributed by atoms with Crippen LogP contribution in [0.2, 0.25) is 5.02 Å². The molecule has 0 saturated carbocycles. The molecule has 0 aliphatic carbocycles. The zero-order valence-electron chi connectivity index (χ0n) is 12.1. The average molecular weight is 290 g/mol. The number of likely N-dealkylation sites (N-methyl/N-ethyl adjacent to an activating group) is 1. The van der Waals surface area contributed by atoms with E-state index < -0.39 is 0 Å². The Morgan fingerprint density at radius 2 is 1.95 bits per heavy atom. The Balaban J connectivity index is 2.26. The highest BCUT2D eigenvalue weighted by Crippen LogP contribution is 2.27. The van der Waals surface area contributed by atoms with E-state index in [2.05, 4.69) is 23.5 Å². The second kappa shape index (κ2) is 6.78. The van der Waals surface area contributed by atoms with Gasteiger partial charge in [-0.15, -0.1) is 0 Å². The molecule has 2 aromatic carbocycles. The van der Waals surface area contributed by atoms with Crippen LogP contribution in [0.4, 0.5) is 0 Å². The molecule has 0 bridgehead atoms. The van der Waals surface area contributed by atoms with Crippen LogP contribution in [0.3, 0.4) is 0 Å². The molecule has 0 aliphatic rings. The lowest BCUT2D eigenvalue weighted by Gasteiger charge is -2.19. The number of methoxy groups -OCH3 is 1. The first-order valence-corrected chi connectivity index (χ1v) is 7.08. The van der Waals surface area contributed by atoms with Gasteiger partial charge in [-0.2, -0.15) is 0 Å². The Morgan fingerprint density at radius 1 is 1.20 bits per heavy atom. The molecule has 0 aliphatic heterocycles. The number of aryl methyl sites for hydroxylation is 1. The maximum Gasteiger partial charge on any atom is 0.122 e. The van der Waals surface area contributed by atoms with E-state index in [1.54, 1.807) is 7.11 Å². The van der Waals surface area contributed by atoms with Gasteiger partial charge in [0.05, 0.1) is 7.11 Å². The van der Waals surface area contributed by atoms with Crippen molar-refractivity contribution < 1.29 is 4.74 Å². The quantitative estimate of drug-likeness (QED) is 0.892. The van der Waals surface area contributed by atoms with Crippen molar-refractivity contribution >= 4 is 11.6 Å². The summed E-state index contributed by atoms with van der Waals surface area (Å²) in [6, 6.07) is 14.5. The van der Waals surface area contributed by atoms with Crippen LogP contribution in [-0.2, 0) is 6.42 Å². The predicted octanol–water partition coefficient (Wildman–Crippen LogP) is 4.16. The van der Waals surface area contributed by atoms with Crippen LogP contribution in [0.15, 0.2) is 42.5 Å². The van der Waals surface area contributed by atoms with Gasteiger partial charge in [0.1, 0.15) is 5.75 Å². The van der Waals surface area contributed by atoms with Crippen molar-refractivity contribution in [3.05, 3.63) is 64.2 Å². The second-order valence-corrected chi connectivity index (χ2v) is 5.27. The van der Waals surface area contributed by atoms with Gasteiger partial charge in [0.2, 0.25) is 0 Å². The number of nitrogens with one attached hydrogen (secondary N) is 1. The van der Waals surface area contributed by atoms with E-state index in [9.17, 15) is 0 Å². The summed E-state index contributed by atoms with van der Waals surface area (Å²) in [6.07, 6.45) is 0.861. The molecular formula is C17H20ClNO. The first kappa shape index (κ1) is 14.9. The van der Waals surface area contributed by atoms with Crippen LogP contribution in [0.5, 0.6) is 5.75 Å². The molecule has 0 aromatic heterocycles. The summed E-state index contributed by atoms with van der Waals surface area (Å²) >= 11 is 6.22. The summed E-state index contributed by atoms with van der Waals surface area (Å²) < 4.78 is 5.42. The fourth-order valence-corrected chi connectivity index (χ4v) is 2.49. The van der Waals surface area contributed by atoms with Gasteiger partial charge in [0.25, 0.3) is 0 Å². The third-order valence-corrected chi connectivity index (χ3v) is 3.97. The number of hydrogen-bond donors (Lipinski definition) is 1. The SMILES string of the molecule is CNC(Cc1ccccc1OC)c1ccc(C)c(Cl)c1. The van der Waals surface area contributed by atoms with Gasteiger partial charge in [-0.05, 0) is 49.2 Å². The Morgan fingerprint density at radius 3 is 2.60 bits per heavy atom. The third-order valence-electron chi connectivity index (χ3n) is 3.56. The van der Waals surface area contributed by atoms with Gasteiger partial charge in [-0.1, -0.05) is 41.9 Å². The molecule has 2 nitrogen and oxygen atoms in total. The highest BCUT2D eigenvalue weighted by atomic mass is 35.5. The molecule has 1 unspecified atom stereocenters. The van der Waals surface area contributed by atoms with Crippen molar-refractivity contribution in [1.29, 1.82) is 0 Å². The molecular weight excluding hydrogens is 270 g/mol. The Hall–Kier alpha value is -1.51. The summed E-state index contributed by atoms with van der Waals surface area (Å²) in [6.45, 7) is 2.01. The van der Waals surface area contributed by atoms with Crippen LogP contribution in [0, 0.1) is 6.92 Å². The summed E-state index contributed by atoms with van der Waals surface area (Å²) in [5.74, 6) is 0.922. The van der Waals surface area contributed by atoms with Crippen LogP contribution < -0.4 is 10.1 Å². The Bertz CT molecular complexity index is 583. The van der Waals surface area contributed by atoms with E-state index in [0.717, 1.165) is 22.8 Å². The summed E-state index contributed by atoms with van der Waals surface area (Å²) in [7, 11) is 3.67. The lowest BCUT2D eigenvalue weighted by molar-refractivity contribution is 0.406. The molecule has 20 heavy (non-hydrogen) atoms. The molecule has 2 rings (SSSR count). The minimum Gasteiger partial charge on any atom is -0.496 e.